The van der Waals surface area contributed by atoms with Crippen LogP contribution in [0.2, 0.25) is 0 Å². The molecule has 0 saturated heterocycles. The fourth-order valence-electron chi connectivity index (χ4n) is 2.46. The molecule has 5 nitrogen and oxygen atoms in total. The maximum absolute atomic E-state index is 9.48. The molecule has 0 fully saturated rings. The molecule has 0 bridgehead atoms. The second-order valence-corrected chi connectivity index (χ2v) is 6.72. The number of nitrogens with zero attached hydrogens (tertiary/aromatic N) is 5. The molecule has 1 aromatic carbocycles. The summed E-state index contributed by atoms with van der Waals surface area (Å²) >= 11 is 1.43. The molecule has 23 heavy (non-hydrogen) atoms. The van der Waals surface area contributed by atoms with Crippen LogP contribution in [0.5, 0.6) is 0 Å². The van der Waals surface area contributed by atoms with Crippen LogP contribution < -0.4 is 0 Å². The summed E-state index contributed by atoms with van der Waals surface area (Å²) in [5.41, 5.74) is 4.05. The van der Waals surface area contributed by atoms with Gasteiger partial charge in [-0.1, -0.05) is 41.6 Å². The molecule has 0 saturated carbocycles. The van der Waals surface area contributed by atoms with Crippen molar-refractivity contribution in [1.82, 2.24) is 19.6 Å². The Balaban J connectivity index is 1.85. The summed E-state index contributed by atoms with van der Waals surface area (Å²) in [6.45, 7) is 5.92. The van der Waals surface area contributed by atoms with E-state index in [4.69, 9.17) is 0 Å². The SMILES string of the molecule is Cc1ccc(C[C@H](C#N)Sc2nnc3cc(C)nc(C)n23)cc1. The molecule has 6 heteroatoms. The minimum atomic E-state index is -0.217. The number of fused-ring (bicyclic) bond motifs is 1. The van der Waals surface area contributed by atoms with Crippen LogP contribution in [0, 0.1) is 32.1 Å². The highest BCUT2D eigenvalue weighted by Gasteiger charge is 2.17. The van der Waals surface area contributed by atoms with E-state index in [1.165, 1.54) is 17.3 Å². The second kappa shape index (κ2) is 6.39. The molecule has 0 spiro atoms. The zero-order valence-corrected chi connectivity index (χ0v) is 14.1. The van der Waals surface area contributed by atoms with Crippen molar-refractivity contribution in [2.45, 2.75) is 37.6 Å². The van der Waals surface area contributed by atoms with Gasteiger partial charge >= 0.3 is 0 Å². The first kappa shape index (κ1) is 15.5. The van der Waals surface area contributed by atoms with Crippen LogP contribution in [0.1, 0.15) is 22.6 Å². The highest BCUT2D eigenvalue weighted by molar-refractivity contribution is 8.00. The molecular weight excluding hydrogens is 306 g/mol. The van der Waals surface area contributed by atoms with E-state index in [0.717, 1.165) is 22.7 Å². The van der Waals surface area contributed by atoms with Crippen molar-refractivity contribution in [2.24, 2.45) is 0 Å². The van der Waals surface area contributed by atoms with Gasteiger partial charge in [0.15, 0.2) is 10.8 Å². The number of benzene rings is 1. The van der Waals surface area contributed by atoms with E-state index >= 15 is 0 Å². The Kier molecular flexibility index (Phi) is 4.30. The summed E-state index contributed by atoms with van der Waals surface area (Å²) in [6, 6.07) is 12.5. The van der Waals surface area contributed by atoms with Crippen LogP contribution in [0.25, 0.3) is 5.65 Å². The highest BCUT2D eigenvalue weighted by Crippen LogP contribution is 2.25. The summed E-state index contributed by atoms with van der Waals surface area (Å²) < 4.78 is 1.90. The van der Waals surface area contributed by atoms with Crippen molar-refractivity contribution in [2.75, 3.05) is 0 Å². The Labute approximate surface area is 139 Å². The van der Waals surface area contributed by atoms with Crippen LogP contribution in [-0.2, 0) is 6.42 Å². The summed E-state index contributed by atoms with van der Waals surface area (Å²) in [5, 5.41) is 18.4. The van der Waals surface area contributed by atoms with Gasteiger partial charge in [0.1, 0.15) is 11.1 Å². The first-order valence-electron chi connectivity index (χ1n) is 7.38. The molecule has 0 unspecified atom stereocenters. The number of rotatable bonds is 4. The largest absolute Gasteiger partial charge is 0.258 e. The lowest BCUT2D eigenvalue weighted by atomic mass is 10.1. The van der Waals surface area contributed by atoms with Gasteiger partial charge in [-0.05, 0) is 32.8 Å². The second-order valence-electron chi connectivity index (χ2n) is 5.55. The average molecular weight is 323 g/mol. The third-order valence-electron chi connectivity index (χ3n) is 3.59. The number of aryl methyl sites for hydroxylation is 3. The van der Waals surface area contributed by atoms with Gasteiger partial charge in [0.25, 0.3) is 0 Å². The summed E-state index contributed by atoms with van der Waals surface area (Å²) in [4.78, 5) is 4.45. The monoisotopic (exact) mass is 323 g/mol. The van der Waals surface area contributed by atoms with Gasteiger partial charge in [0.05, 0.1) is 6.07 Å². The minimum absolute atomic E-state index is 0.217. The van der Waals surface area contributed by atoms with Crippen molar-refractivity contribution < 1.29 is 0 Å². The third-order valence-corrected chi connectivity index (χ3v) is 4.62. The number of nitriles is 1. The molecule has 0 radical (unpaired) electrons. The van der Waals surface area contributed by atoms with E-state index in [2.05, 4.69) is 52.4 Å². The van der Waals surface area contributed by atoms with E-state index in [-0.39, 0.29) is 5.25 Å². The molecule has 0 aliphatic heterocycles. The fraction of sp³-hybridized carbons (Fsp3) is 0.294. The molecular formula is C17H17N5S. The maximum Gasteiger partial charge on any atom is 0.198 e. The predicted molar refractivity (Wildman–Crippen MR) is 90.4 cm³/mol. The first-order chi connectivity index (χ1) is 11.1. The van der Waals surface area contributed by atoms with Crippen molar-refractivity contribution in [3.05, 3.63) is 53.0 Å². The van der Waals surface area contributed by atoms with Crippen molar-refractivity contribution in [3.63, 3.8) is 0 Å². The van der Waals surface area contributed by atoms with E-state index in [1.807, 2.05) is 24.3 Å². The van der Waals surface area contributed by atoms with Gasteiger partial charge in [-0.25, -0.2) is 4.98 Å². The lowest BCUT2D eigenvalue weighted by Gasteiger charge is -2.09. The molecule has 0 amide bonds. The molecule has 2 aromatic heterocycles. The van der Waals surface area contributed by atoms with E-state index < -0.39 is 0 Å². The van der Waals surface area contributed by atoms with Crippen LogP contribution >= 0.6 is 11.8 Å². The third kappa shape index (κ3) is 3.35. The Morgan fingerprint density at radius 1 is 1.17 bits per heavy atom. The fourth-order valence-corrected chi connectivity index (χ4v) is 3.46. The predicted octanol–water partition coefficient (Wildman–Crippen LogP) is 3.28. The average Bonchev–Trinajstić information content (AvgIpc) is 2.91. The Bertz CT molecular complexity index is 876. The first-order valence-corrected chi connectivity index (χ1v) is 8.26. The zero-order chi connectivity index (χ0) is 16.4. The number of aromatic nitrogens is 4. The standard InChI is InChI=1S/C17H17N5S/c1-11-4-6-14(7-5-11)9-15(10-18)23-17-21-20-16-8-12(2)19-13(3)22(16)17/h4-8,15H,9H2,1-3H3/t15-/m1/s1. The molecule has 0 N–H and O–H groups in total. The van der Waals surface area contributed by atoms with Crippen molar-refractivity contribution in [1.29, 1.82) is 5.26 Å². The summed E-state index contributed by atoms with van der Waals surface area (Å²) in [5.74, 6) is 0.833. The molecule has 1 atom stereocenters. The van der Waals surface area contributed by atoms with Gasteiger partial charge < -0.3 is 0 Å². The molecule has 2 heterocycles. The van der Waals surface area contributed by atoms with Crippen LogP contribution in [0.4, 0.5) is 0 Å². The van der Waals surface area contributed by atoms with Crippen LogP contribution in [-0.4, -0.2) is 24.8 Å². The topological polar surface area (TPSA) is 66.9 Å². The van der Waals surface area contributed by atoms with Gasteiger partial charge in [0, 0.05) is 11.8 Å². The Hall–Kier alpha value is -2.39. The van der Waals surface area contributed by atoms with Gasteiger partial charge in [-0.3, -0.25) is 4.40 Å². The van der Waals surface area contributed by atoms with E-state index in [0.29, 0.717) is 11.6 Å². The van der Waals surface area contributed by atoms with Crippen LogP contribution in [0.15, 0.2) is 35.5 Å². The van der Waals surface area contributed by atoms with Gasteiger partial charge in [-0.15, -0.1) is 10.2 Å². The Morgan fingerprint density at radius 3 is 2.61 bits per heavy atom. The van der Waals surface area contributed by atoms with Crippen LogP contribution in [0.3, 0.4) is 0 Å². The number of thioether (sulfide) groups is 1. The molecule has 0 aliphatic carbocycles. The molecule has 3 rings (SSSR count). The number of hydrogen-bond donors (Lipinski definition) is 0. The van der Waals surface area contributed by atoms with Crippen molar-refractivity contribution >= 4 is 17.4 Å². The molecule has 0 aliphatic rings. The lowest BCUT2D eigenvalue weighted by Crippen LogP contribution is -2.06. The van der Waals surface area contributed by atoms with Gasteiger partial charge in [-0.2, -0.15) is 5.26 Å². The summed E-state index contributed by atoms with van der Waals surface area (Å²) in [7, 11) is 0. The lowest BCUT2D eigenvalue weighted by molar-refractivity contribution is 0.849. The van der Waals surface area contributed by atoms with E-state index in [1.54, 1.807) is 0 Å². The highest BCUT2D eigenvalue weighted by atomic mass is 32.2. The maximum atomic E-state index is 9.48. The quantitative estimate of drug-likeness (QED) is 0.689. The smallest absolute Gasteiger partial charge is 0.198 e. The minimum Gasteiger partial charge on any atom is -0.258 e. The summed E-state index contributed by atoms with van der Waals surface area (Å²) in [6.07, 6.45) is 0.675. The Morgan fingerprint density at radius 2 is 1.91 bits per heavy atom. The zero-order valence-electron chi connectivity index (χ0n) is 13.3. The normalized spacial score (nSPS) is 12.3. The number of hydrogen-bond acceptors (Lipinski definition) is 5. The van der Waals surface area contributed by atoms with Crippen molar-refractivity contribution in [3.8, 4) is 6.07 Å². The molecule has 116 valence electrons. The molecule has 3 aromatic rings. The van der Waals surface area contributed by atoms with E-state index in [9.17, 15) is 5.26 Å². The van der Waals surface area contributed by atoms with Gasteiger partial charge in [0.2, 0.25) is 0 Å².